The molecule has 3 rings (SSSR count). The van der Waals surface area contributed by atoms with Gasteiger partial charge >= 0.3 is 0 Å². The zero-order chi connectivity index (χ0) is 21.3. The molecule has 154 valence electrons. The SMILES string of the molecule is NC(=O)CSc1ccccc1NC(=O)c1cccc(NC(=O)CCn2ccnc2)c1. The number of nitrogens with two attached hydrogens (primary N) is 1. The Labute approximate surface area is 177 Å². The van der Waals surface area contributed by atoms with Gasteiger partial charge in [0.15, 0.2) is 0 Å². The lowest BCUT2D eigenvalue weighted by Crippen LogP contribution is -2.16. The first-order chi connectivity index (χ1) is 14.5. The number of carbonyl (C=O) groups is 3. The number of imidazole rings is 1. The topological polar surface area (TPSA) is 119 Å². The van der Waals surface area contributed by atoms with Crippen LogP contribution in [0.1, 0.15) is 16.8 Å². The molecule has 2 aromatic carbocycles. The van der Waals surface area contributed by atoms with E-state index < -0.39 is 5.91 Å². The highest BCUT2D eigenvalue weighted by Gasteiger charge is 2.11. The van der Waals surface area contributed by atoms with Gasteiger partial charge in [-0.15, -0.1) is 11.8 Å². The Morgan fingerprint density at radius 3 is 2.67 bits per heavy atom. The third-order valence-electron chi connectivity index (χ3n) is 4.07. The van der Waals surface area contributed by atoms with Crippen molar-refractivity contribution in [2.24, 2.45) is 5.73 Å². The minimum absolute atomic E-state index is 0.119. The maximum atomic E-state index is 12.7. The van der Waals surface area contributed by atoms with Gasteiger partial charge in [0.1, 0.15) is 0 Å². The van der Waals surface area contributed by atoms with Crippen LogP contribution in [0.25, 0.3) is 0 Å². The van der Waals surface area contributed by atoms with Crippen molar-refractivity contribution in [2.45, 2.75) is 17.9 Å². The standard InChI is InChI=1S/C21H21N5O3S/c22-19(27)13-30-18-7-2-1-6-17(18)25-21(29)15-4-3-5-16(12-15)24-20(28)8-10-26-11-9-23-14-26/h1-7,9,11-12,14H,8,10,13H2,(H2,22,27)(H,24,28)(H,25,29). The van der Waals surface area contributed by atoms with E-state index in [-0.39, 0.29) is 24.0 Å². The number of aromatic nitrogens is 2. The van der Waals surface area contributed by atoms with Crippen LogP contribution in [0.2, 0.25) is 0 Å². The van der Waals surface area contributed by atoms with Gasteiger partial charge in [-0.05, 0) is 30.3 Å². The number of carbonyl (C=O) groups excluding carboxylic acids is 3. The maximum Gasteiger partial charge on any atom is 0.255 e. The second kappa shape index (κ2) is 10.3. The average Bonchev–Trinajstić information content (AvgIpc) is 3.25. The normalized spacial score (nSPS) is 10.4. The number of primary amides is 1. The summed E-state index contributed by atoms with van der Waals surface area (Å²) in [6, 6.07) is 13.9. The first-order valence-corrected chi connectivity index (χ1v) is 10.2. The molecule has 0 saturated heterocycles. The minimum Gasteiger partial charge on any atom is -0.369 e. The Hall–Kier alpha value is -3.59. The van der Waals surface area contributed by atoms with E-state index in [2.05, 4.69) is 15.6 Å². The van der Waals surface area contributed by atoms with E-state index in [4.69, 9.17) is 5.73 Å². The van der Waals surface area contributed by atoms with Gasteiger partial charge in [-0.3, -0.25) is 14.4 Å². The van der Waals surface area contributed by atoms with E-state index in [1.165, 1.54) is 11.8 Å². The van der Waals surface area contributed by atoms with Crippen LogP contribution in [0, 0.1) is 0 Å². The van der Waals surface area contributed by atoms with Gasteiger partial charge in [0.05, 0.1) is 17.8 Å². The van der Waals surface area contributed by atoms with E-state index in [1.807, 2.05) is 10.6 Å². The molecule has 1 heterocycles. The molecule has 0 radical (unpaired) electrons. The number of para-hydroxylation sites is 1. The molecule has 3 aromatic rings. The van der Waals surface area contributed by atoms with Crippen LogP contribution >= 0.6 is 11.8 Å². The highest BCUT2D eigenvalue weighted by atomic mass is 32.2. The lowest BCUT2D eigenvalue weighted by molar-refractivity contribution is -0.116. The van der Waals surface area contributed by atoms with Gasteiger partial charge in [-0.2, -0.15) is 0 Å². The summed E-state index contributed by atoms with van der Waals surface area (Å²) in [5, 5.41) is 5.64. The number of aryl methyl sites for hydroxylation is 1. The van der Waals surface area contributed by atoms with Gasteiger partial charge < -0.3 is 20.9 Å². The second-order valence-corrected chi connectivity index (χ2v) is 7.40. The fraction of sp³-hybridized carbons (Fsp3) is 0.143. The molecule has 30 heavy (non-hydrogen) atoms. The van der Waals surface area contributed by atoms with Crippen LogP contribution in [0.4, 0.5) is 11.4 Å². The van der Waals surface area contributed by atoms with Crippen molar-refractivity contribution >= 4 is 40.9 Å². The van der Waals surface area contributed by atoms with Gasteiger partial charge in [-0.25, -0.2) is 4.98 Å². The number of hydrogen-bond acceptors (Lipinski definition) is 5. The van der Waals surface area contributed by atoms with Gasteiger partial charge in [0, 0.05) is 41.5 Å². The lowest BCUT2D eigenvalue weighted by atomic mass is 10.1. The molecular formula is C21H21N5O3S. The molecule has 8 nitrogen and oxygen atoms in total. The summed E-state index contributed by atoms with van der Waals surface area (Å²) in [4.78, 5) is 40.6. The van der Waals surface area contributed by atoms with E-state index >= 15 is 0 Å². The maximum absolute atomic E-state index is 12.7. The van der Waals surface area contributed by atoms with E-state index in [0.29, 0.717) is 23.5 Å². The lowest BCUT2D eigenvalue weighted by Gasteiger charge is -2.11. The smallest absolute Gasteiger partial charge is 0.255 e. The third kappa shape index (κ3) is 6.21. The Kier molecular flexibility index (Phi) is 7.23. The van der Waals surface area contributed by atoms with Crippen molar-refractivity contribution in [1.82, 2.24) is 9.55 Å². The number of thioether (sulfide) groups is 1. The van der Waals surface area contributed by atoms with Crippen LogP contribution in [-0.4, -0.2) is 33.0 Å². The van der Waals surface area contributed by atoms with Crippen LogP contribution < -0.4 is 16.4 Å². The van der Waals surface area contributed by atoms with Gasteiger partial charge in [0.25, 0.3) is 5.91 Å². The zero-order valence-corrected chi connectivity index (χ0v) is 16.9. The van der Waals surface area contributed by atoms with E-state index in [9.17, 15) is 14.4 Å². The van der Waals surface area contributed by atoms with Gasteiger partial charge in [0.2, 0.25) is 11.8 Å². The van der Waals surface area contributed by atoms with Crippen LogP contribution in [0.15, 0.2) is 72.1 Å². The van der Waals surface area contributed by atoms with E-state index in [0.717, 1.165) is 4.90 Å². The summed E-state index contributed by atoms with van der Waals surface area (Å²) in [5.74, 6) is -0.795. The van der Waals surface area contributed by atoms with Crippen molar-refractivity contribution in [3.05, 3.63) is 72.8 Å². The number of nitrogens with zero attached hydrogens (tertiary/aromatic N) is 2. The highest BCUT2D eigenvalue weighted by Crippen LogP contribution is 2.27. The van der Waals surface area contributed by atoms with Crippen molar-refractivity contribution < 1.29 is 14.4 Å². The molecule has 0 fully saturated rings. The molecular weight excluding hydrogens is 402 g/mol. The molecule has 9 heteroatoms. The quantitative estimate of drug-likeness (QED) is 0.457. The summed E-state index contributed by atoms with van der Waals surface area (Å²) >= 11 is 1.26. The Morgan fingerprint density at radius 2 is 1.90 bits per heavy atom. The van der Waals surface area contributed by atoms with Crippen molar-refractivity contribution in [1.29, 1.82) is 0 Å². The number of anilines is 2. The third-order valence-corrected chi connectivity index (χ3v) is 5.17. The molecule has 0 saturated carbocycles. The molecule has 3 amide bonds. The molecule has 0 aliphatic rings. The summed E-state index contributed by atoms with van der Waals surface area (Å²) in [5.41, 5.74) is 6.73. The number of hydrogen-bond donors (Lipinski definition) is 3. The van der Waals surface area contributed by atoms with Crippen molar-refractivity contribution in [3.63, 3.8) is 0 Å². The first-order valence-electron chi connectivity index (χ1n) is 9.18. The zero-order valence-electron chi connectivity index (χ0n) is 16.1. The summed E-state index contributed by atoms with van der Waals surface area (Å²) < 4.78 is 1.82. The average molecular weight is 423 g/mol. The molecule has 0 aliphatic heterocycles. The largest absolute Gasteiger partial charge is 0.369 e. The van der Waals surface area contributed by atoms with Crippen LogP contribution in [0.5, 0.6) is 0 Å². The minimum atomic E-state index is -0.433. The summed E-state index contributed by atoms with van der Waals surface area (Å²) in [6.45, 7) is 0.520. The summed E-state index contributed by atoms with van der Waals surface area (Å²) in [6.07, 6.45) is 5.39. The number of rotatable bonds is 9. The second-order valence-electron chi connectivity index (χ2n) is 6.38. The number of amides is 3. The van der Waals surface area contributed by atoms with Crippen LogP contribution in [-0.2, 0) is 16.1 Å². The van der Waals surface area contributed by atoms with Crippen LogP contribution in [0.3, 0.4) is 0 Å². The van der Waals surface area contributed by atoms with Crippen molar-refractivity contribution in [2.75, 3.05) is 16.4 Å². The summed E-state index contributed by atoms with van der Waals surface area (Å²) in [7, 11) is 0. The fourth-order valence-electron chi connectivity index (χ4n) is 2.65. The molecule has 0 spiro atoms. The Bertz CT molecular complexity index is 1040. The number of benzene rings is 2. The predicted molar refractivity (Wildman–Crippen MR) is 116 cm³/mol. The van der Waals surface area contributed by atoms with Gasteiger partial charge in [-0.1, -0.05) is 18.2 Å². The fourth-order valence-corrected chi connectivity index (χ4v) is 3.40. The monoisotopic (exact) mass is 423 g/mol. The predicted octanol–water partition coefficient (Wildman–Crippen LogP) is 2.74. The molecule has 4 N–H and O–H groups in total. The number of nitrogens with one attached hydrogen (secondary N) is 2. The molecule has 0 atom stereocenters. The molecule has 0 aliphatic carbocycles. The Morgan fingerprint density at radius 1 is 1.07 bits per heavy atom. The van der Waals surface area contributed by atoms with Crippen molar-refractivity contribution in [3.8, 4) is 0 Å². The molecule has 0 bridgehead atoms. The van der Waals surface area contributed by atoms with E-state index in [1.54, 1.807) is 61.2 Å². The Balaban J connectivity index is 1.62. The highest BCUT2D eigenvalue weighted by molar-refractivity contribution is 8.00. The molecule has 1 aromatic heterocycles. The molecule has 0 unspecified atom stereocenters. The first kappa shape index (κ1) is 21.1.